The molecule has 2 aliphatic heterocycles. The normalized spacial score (nSPS) is 30.3. The molecule has 0 saturated carbocycles. The first kappa shape index (κ1) is 15.4. The van der Waals surface area contributed by atoms with Crippen LogP contribution in [0.5, 0.6) is 0 Å². The second-order valence-corrected chi connectivity index (χ2v) is 8.16. The number of hydrogen-bond acceptors (Lipinski definition) is 4. The van der Waals surface area contributed by atoms with Gasteiger partial charge in [-0.05, 0) is 37.5 Å². The molecule has 122 valence electrons. The molecular formula is C17H19ClN2O2S. The van der Waals surface area contributed by atoms with Crippen LogP contribution >= 0.6 is 22.9 Å². The first-order valence-corrected chi connectivity index (χ1v) is 9.13. The number of fused-ring (bicyclic) bond motifs is 2. The molecule has 0 aliphatic carbocycles. The Labute approximate surface area is 143 Å². The third-order valence-corrected chi connectivity index (χ3v) is 6.31. The summed E-state index contributed by atoms with van der Waals surface area (Å²) in [6.07, 6.45) is 4.24. The van der Waals surface area contributed by atoms with Crippen LogP contribution in [-0.4, -0.2) is 17.6 Å². The van der Waals surface area contributed by atoms with E-state index in [0.717, 1.165) is 29.2 Å². The monoisotopic (exact) mass is 350 g/mol. The van der Waals surface area contributed by atoms with Crippen molar-refractivity contribution in [3.05, 3.63) is 55.1 Å². The highest BCUT2D eigenvalue weighted by Crippen LogP contribution is 2.49. The van der Waals surface area contributed by atoms with Gasteiger partial charge in [0.25, 0.3) is 5.56 Å². The lowest BCUT2D eigenvalue weighted by Gasteiger charge is -2.46. The third-order valence-electron chi connectivity index (χ3n) is 4.82. The Morgan fingerprint density at radius 3 is 3.13 bits per heavy atom. The van der Waals surface area contributed by atoms with E-state index in [1.807, 2.05) is 12.1 Å². The second kappa shape index (κ2) is 5.74. The zero-order valence-corrected chi connectivity index (χ0v) is 14.5. The first-order valence-electron chi connectivity index (χ1n) is 7.94. The van der Waals surface area contributed by atoms with E-state index in [9.17, 15) is 4.79 Å². The number of ether oxygens (including phenoxy) is 1. The fourth-order valence-corrected chi connectivity index (χ4v) is 5.43. The van der Waals surface area contributed by atoms with Gasteiger partial charge in [-0.25, -0.2) is 0 Å². The molecule has 0 radical (unpaired) electrons. The fourth-order valence-electron chi connectivity index (χ4n) is 3.97. The van der Waals surface area contributed by atoms with Gasteiger partial charge in [0.05, 0.1) is 10.9 Å². The van der Waals surface area contributed by atoms with E-state index in [4.69, 9.17) is 16.3 Å². The number of halogens is 1. The highest BCUT2D eigenvalue weighted by atomic mass is 35.5. The van der Waals surface area contributed by atoms with Crippen molar-refractivity contribution in [2.45, 2.75) is 43.9 Å². The van der Waals surface area contributed by atoms with Crippen molar-refractivity contribution in [1.82, 2.24) is 10.3 Å². The Morgan fingerprint density at radius 2 is 2.30 bits per heavy atom. The molecule has 6 heteroatoms. The predicted molar refractivity (Wildman–Crippen MR) is 92.3 cm³/mol. The number of aromatic amines is 1. The van der Waals surface area contributed by atoms with Gasteiger partial charge in [-0.2, -0.15) is 0 Å². The van der Waals surface area contributed by atoms with Crippen LogP contribution in [0.25, 0.3) is 0 Å². The molecule has 3 unspecified atom stereocenters. The first-order chi connectivity index (χ1) is 11.1. The van der Waals surface area contributed by atoms with E-state index < -0.39 is 0 Å². The van der Waals surface area contributed by atoms with Crippen molar-refractivity contribution in [2.75, 3.05) is 6.61 Å². The summed E-state index contributed by atoms with van der Waals surface area (Å²) in [5.41, 5.74) is 1.72. The molecular weight excluding hydrogens is 332 g/mol. The quantitative estimate of drug-likeness (QED) is 0.829. The van der Waals surface area contributed by atoms with Gasteiger partial charge in [0.2, 0.25) is 0 Å². The summed E-state index contributed by atoms with van der Waals surface area (Å²) in [5.74, 6) is 0. The maximum atomic E-state index is 12.2. The molecule has 3 atom stereocenters. The van der Waals surface area contributed by atoms with Gasteiger partial charge in [-0.3, -0.25) is 4.79 Å². The van der Waals surface area contributed by atoms with Crippen LogP contribution in [0, 0.1) is 0 Å². The van der Waals surface area contributed by atoms with Crippen LogP contribution in [0.15, 0.2) is 29.2 Å². The number of pyridine rings is 1. The van der Waals surface area contributed by atoms with Crippen molar-refractivity contribution in [2.24, 2.45) is 0 Å². The van der Waals surface area contributed by atoms with Gasteiger partial charge >= 0.3 is 0 Å². The number of nitrogens with one attached hydrogen (secondary N) is 2. The van der Waals surface area contributed by atoms with Crippen LogP contribution in [0.1, 0.15) is 41.8 Å². The van der Waals surface area contributed by atoms with Gasteiger partial charge < -0.3 is 15.0 Å². The molecule has 2 aromatic rings. The minimum Gasteiger partial charge on any atom is -0.369 e. The highest BCUT2D eigenvalue weighted by Gasteiger charge is 2.46. The summed E-state index contributed by atoms with van der Waals surface area (Å²) in [5, 5.41) is 3.55. The maximum absolute atomic E-state index is 12.2. The third kappa shape index (κ3) is 2.66. The Bertz CT molecular complexity index is 787. The summed E-state index contributed by atoms with van der Waals surface area (Å²) in [7, 11) is 0. The van der Waals surface area contributed by atoms with Gasteiger partial charge in [0, 0.05) is 35.1 Å². The summed E-state index contributed by atoms with van der Waals surface area (Å²) in [6, 6.07) is 6.09. The topological polar surface area (TPSA) is 54.1 Å². The molecule has 0 amide bonds. The lowest BCUT2D eigenvalue weighted by Crippen LogP contribution is -2.50. The standard InChI is InChI=1S/C17H19ClN2O2S/c1-10-8-17(15-11(4-6-22-17)7-14(18)23-15)9-13(20-10)12-3-2-5-19-16(12)21/h2-3,5,7,10,13,20H,4,6,8-9H2,1H3,(H,19,21). The molecule has 2 aromatic heterocycles. The van der Waals surface area contributed by atoms with Crippen molar-refractivity contribution in [3.8, 4) is 0 Å². The molecule has 4 nitrogen and oxygen atoms in total. The average molecular weight is 351 g/mol. The van der Waals surface area contributed by atoms with Crippen LogP contribution in [0.4, 0.5) is 0 Å². The minimum absolute atomic E-state index is 0.0180. The van der Waals surface area contributed by atoms with Crippen LogP contribution in [0.2, 0.25) is 4.34 Å². The molecule has 2 aliphatic rings. The largest absolute Gasteiger partial charge is 0.369 e. The zero-order chi connectivity index (χ0) is 16.0. The van der Waals surface area contributed by atoms with E-state index >= 15 is 0 Å². The van der Waals surface area contributed by atoms with E-state index in [-0.39, 0.29) is 23.2 Å². The molecule has 2 N–H and O–H groups in total. The van der Waals surface area contributed by atoms with E-state index in [1.54, 1.807) is 17.5 Å². The Kier molecular flexibility index (Phi) is 3.84. The average Bonchev–Trinajstić information content (AvgIpc) is 2.89. The molecule has 4 heterocycles. The van der Waals surface area contributed by atoms with E-state index in [0.29, 0.717) is 6.61 Å². The van der Waals surface area contributed by atoms with Gasteiger partial charge in [0.1, 0.15) is 5.60 Å². The molecule has 0 aromatic carbocycles. The Morgan fingerprint density at radius 1 is 1.43 bits per heavy atom. The second-order valence-electron chi connectivity index (χ2n) is 6.48. The summed E-state index contributed by atoms with van der Waals surface area (Å²) in [6.45, 7) is 2.86. The highest BCUT2D eigenvalue weighted by molar-refractivity contribution is 7.16. The minimum atomic E-state index is -0.330. The van der Waals surface area contributed by atoms with Gasteiger partial charge in [-0.1, -0.05) is 17.7 Å². The number of thiophene rings is 1. The smallest absolute Gasteiger partial charge is 0.252 e. The number of rotatable bonds is 1. The van der Waals surface area contributed by atoms with Gasteiger partial charge in [0.15, 0.2) is 0 Å². The lowest BCUT2D eigenvalue weighted by molar-refractivity contribution is -0.0955. The molecule has 1 fully saturated rings. The van der Waals surface area contributed by atoms with Crippen LogP contribution < -0.4 is 10.9 Å². The molecule has 0 bridgehead atoms. The van der Waals surface area contributed by atoms with E-state index in [2.05, 4.69) is 23.3 Å². The number of H-pyrrole nitrogens is 1. The SMILES string of the molecule is CC1CC2(CC(c3ccc[nH]c3=O)N1)OCCc1cc(Cl)sc12. The molecule has 1 saturated heterocycles. The summed E-state index contributed by atoms with van der Waals surface area (Å²) in [4.78, 5) is 16.2. The summed E-state index contributed by atoms with van der Waals surface area (Å²) >= 11 is 7.89. The maximum Gasteiger partial charge on any atom is 0.252 e. The van der Waals surface area contributed by atoms with Crippen molar-refractivity contribution in [3.63, 3.8) is 0 Å². The van der Waals surface area contributed by atoms with Crippen molar-refractivity contribution < 1.29 is 4.74 Å². The fraction of sp³-hybridized carbons (Fsp3) is 0.471. The van der Waals surface area contributed by atoms with Crippen LogP contribution in [0.3, 0.4) is 0 Å². The van der Waals surface area contributed by atoms with Crippen molar-refractivity contribution in [1.29, 1.82) is 0 Å². The van der Waals surface area contributed by atoms with Crippen molar-refractivity contribution >= 4 is 22.9 Å². The molecule has 4 rings (SSSR count). The van der Waals surface area contributed by atoms with Gasteiger partial charge in [-0.15, -0.1) is 11.3 Å². The molecule has 23 heavy (non-hydrogen) atoms. The van der Waals surface area contributed by atoms with Crippen LogP contribution in [-0.2, 0) is 16.8 Å². The predicted octanol–water partition coefficient (Wildman–Crippen LogP) is 3.37. The molecule has 1 spiro atoms. The number of aromatic nitrogens is 1. The lowest BCUT2D eigenvalue weighted by atomic mass is 9.78. The van der Waals surface area contributed by atoms with E-state index in [1.165, 1.54) is 10.4 Å². The summed E-state index contributed by atoms with van der Waals surface area (Å²) < 4.78 is 7.13. The number of piperidine rings is 1. The number of hydrogen-bond donors (Lipinski definition) is 2. The Hall–Kier alpha value is -1.14. The Balaban J connectivity index is 1.76. The zero-order valence-electron chi connectivity index (χ0n) is 12.9.